The fourth-order valence-electron chi connectivity index (χ4n) is 2.15. The molecule has 0 saturated carbocycles. The van der Waals surface area contributed by atoms with Crippen LogP contribution >= 0.6 is 0 Å². The summed E-state index contributed by atoms with van der Waals surface area (Å²) in [5, 5.41) is 6.42. The standard InChI is InChI=1S/C12H12N4O/c13-9-7-14-15-11(9)12(17)16-6-5-8-3-1-2-4-10(8)16/h1-4,7H,5-6,13H2,(H,14,15). The predicted molar refractivity (Wildman–Crippen MR) is 64.8 cm³/mol. The van der Waals surface area contributed by atoms with E-state index in [1.165, 1.54) is 11.8 Å². The van der Waals surface area contributed by atoms with Crippen LogP contribution in [0.5, 0.6) is 0 Å². The second-order valence-electron chi connectivity index (χ2n) is 4.04. The van der Waals surface area contributed by atoms with Crippen molar-refractivity contribution in [2.24, 2.45) is 0 Å². The van der Waals surface area contributed by atoms with Crippen LogP contribution in [0.2, 0.25) is 0 Å². The number of anilines is 2. The van der Waals surface area contributed by atoms with Crippen molar-refractivity contribution in [3.63, 3.8) is 0 Å². The maximum atomic E-state index is 12.3. The summed E-state index contributed by atoms with van der Waals surface area (Å²) in [7, 11) is 0. The highest BCUT2D eigenvalue weighted by molar-refractivity contribution is 6.08. The van der Waals surface area contributed by atoms with Crippen LogP contribution in [0.25, 0.3) is 0 Å². The maximum Gasteiger partial charge on any atom is 0.278 e. The third-order valence-electron chi connectivity index (χ3n) is 3.01. The van der Waals surface area contributed by atoms with Gasteiger partial charge in [-0.3, -0.25) is 9.89 Å². The number of rotatable bonds is 1. The van der Waals surface area contributed by atoms with Crippen LogP contribution in [-0.2, 0) is 6.42 Å². The highest BCUT2D eigenvalue weighted by Gasteiger charge is 2.27. The van der Waals surface area contributed by atoms with Gasteiger partial charge in [-0.1, -0.05) is 18.2 Å². The Morgan fingerprint density at radius 1 is 1.41 bits per heavy atom. The van der Waals surface area contributed by atoms with E-state index in [4.69, 9.17) is 5.73 Å². The van der Waals surface area contributed by atoms with Crippen molar-refractivity contribution < 1.29 is 4.79 Å². The van der Waals surface area contributed by atoms with Crippen molar-refractivity contribution in [1.29, 1.82) is 0 Å². The molecule has 0 saturated heterocycles. The van der Waals surface area contributed by atoms with Gasteiger partial charge in [0, 0.05) is 12.2 Å². The van der Waals surface area contributed by atoms with E-state index in [1.54, 1.807) is 4.90 Å². The van der Waals surface area contributed by atoms with Crippen LogP contribution in [-0.4, -0.2) is 22.6 Å². The van der Waals surface area contributed by atoms with E-state index < -0.39 is 0 Å². The third kappa shape index (κ3) is 1.47. The molecule has 0 fully saturated rings. The molecule has 0 unspecified atom stereocenters. The minimum atomic E-state index is -0.120. The van der Waals surface area contributed by atoms with Gasteiger partial charge in [-0.25, -0.2) is 0 Å². The van der Waals surface area contributed by atoms with Gasteiger partial charge in [0.1, 0.15) is 5.69 Å². The zero-order chi connectivity index (χ0) is 11.8. The minimum Gasteiger partial charge on any atom is -0.396 e. The molecule has 0 radical (unpaired) electrons. The summed E-state index contributed by atoms with van der Waals surface area (Å²) in [6, 6.07) is 7.91. The quantitative estimate of drug-likeness (QED) is 0.770. The number of aromatic amines is 1. The molecule has 86 valence electrons. The number of para-hydroxylation sites is 1. The molecule has 3 N–H and O–H groups in total. The lowest BCUT2D eigenvalue weighted by Gasteiger charge is -2.16. The number of hydrogen-bond acceptors (Lipinski definition) is 3. The van der Waals surface area contributed by atoms with E-state index in [9.17, 15) is 4.79 Å². The van der Waals surface area contributed by atoms with E-state index in [1.807, 2.05) is 24.3 Å². The summed E-state index contributed by atoms with van der Waals surface area (Å²) < 4.78 is 0. The summed E-state index contributed by atoms with van der Waals surface area (Å²) in [5.74, 6) is -0.120. The van der Waals surface area contributed by atoms with Gasteiger partial charge in [-0.2, -0.15) is 5.10 Å². The SMILES string of the molecule is Nc1cn[nH]c1C(=O)N1CCc2ccccc21. The zero-order valence-electron chi connectivity index (χ0n) is 9.18. The Labute approximate surface area is 98.2 Å². The Morgan fingerprint density at radius 2 is 2.24 bits per heavy atom. The van der Waals surface area contributed by atoms with E-state index in [2.05, 4.69) is 10.2 Å². The van der Waals surface area contributed by atoms with Crippen molar-refractivity contribution in [3.8, 4) is 0 Å². The van der Waals surface area contributed by atoms with Crippen molar-refractivity contribution in [3.05, 3.63) is 41.7 Å². The number of carbonyl (C=O) groups excluding carboxylic acids is 1. The molecule has 0 bridgehead atoms. The summed E-state index contributed by atoms with van der Waals surface area (Å²) in [5.41, 5.74) is 8.60. The Morgan fingerprint density at radius 3 is 3.00 bits per heavy atom. The molecule has 1 amide bonds. The van der Waals surface area contributed by atoms with E-state index in [0.717, 1.165) is 12.1 Å². The van der Waals surface area contributed by atoms with Crippen molar-refractivity contribution >= 4 is 17.3 Å². The largest absolute Gasteiger partial charge is 0.396 e. The average molecular weight is 228 g/mol. The number of nitrogens with two attached hydrogens (primary N) is 1. The number of hydrogen-bond donors (Lipinski definition) is 2. The monoisotopic (exact) mass is 228 g/mol. The molecule has 0 aliphatic carbocycles. The molecule has 1 aliphatic heterocycles. The minimum absolute atomic E-state index is 0.120. The molecule has 5 nitrogen and oxygen atoms in total. The first-order valence-electron chi connectivity index (χ1n) is 5.46. The van der Waals surface area contributed by atoms with Gasteiger partial charge >= 0.3 is 0 Å². The average Bonchev–Trinajstić information content (AvgIpc) is 2.94. The summed E-state index contributed by atoms with van der Waals surface area (Å²) >= 11 is 0. The first kappa shape index (κ1) is 9.89. The van der Waals surface area contributed by atoms with Crippen LogP contribution in [0.15, 0.2) is 30.5 Å². The Bertz CT molecular complexity index is 575. The molecule has 5 heteroatoms. The number of benzene rings is 1. The highest BCUT2D eigenvalue weighted by atomic mass is 16.2. The molecular formula is C12H12N4O. The first-order chi connectivity index (χ1) is 8.27. The molecule has 2 heterocycles. The Balaban J connectivity index is 1.98. The maximum absolute atomic E-state index is 12.3. The smallest absolute Gasteiger partial charge is 0.278 e. The molecule has 3 rings (SSSR count). The van der Waals surface area contributed by atoms with Crippen LogP contribution in [0, 0.1) is 0 Å². The van der Waals surface area contributed by atoms with Crippen LogP contribution in [0.1, 0.15) is 16.1 Å². The molecule has 1 aromatic heterocycles. The predicted octanol–water partition coefficient (Wildman–Crippen LogP) is 1.19. The molecule has 0 atom stereocenters. The van der Waals surface area contributed by atoms with Gasteiger partial charge in [0.15, 0.2) is 0 Å². The van der Waals surface area contributed by atoms with Gasteiger partial charge in [0.25, 0.3) is 5.91 Å². The molecule has 0 spiro atoms. The third-order valence-corrected chi connectivity index (χ3v) is 3.01. The number of aromatic nitrogens is 2. The van der Waals surface area contributed by atoms with Gasteiger partial charge in [0.2, 0.25) is 0 Å². The summed E-state index contributed by atoms with van der Waals surface area (Å²) in [6.45, 7) is 0.691. The molecule has 2 aromatic rings. The lowest BCUT2D eigenvalue weighted by atomic mass is 10.2. The fraction of sp³-hybridized carbons (Fsp3) is 0.167. The number of amides is 1. The van der Waals surface area contributed by atoms with Crippen LogP contribution in [0.4, 0.5) is 11.4 Å². The lowest BCUT2D eigenvalue weighted by molar-refractivity contribution is 0.0985. The van der Waals surface area contributed by atoms with Crippen molar-refractivity contribution in [2.45, 2.75) is 6.42 Å². The number of nitrogen functional groups attached to an aromatic ring is 1. The van der Waals surface area contributed by atoms with E-state index in [-0.39, 0.29) is 5.91 Å². The van der Waals surface area contributed by atoms with Gasteiger partial charge in [-0.15, -0.1) is 0 Å². The lowest BCUT2D eigenvalue weighted by Crippen LogP contribution is -2.29. The van der Waals surface area contributed by atoms with E-state index >= 15 is 0 Å². The van der Waals surface area contributed by atoms with Gasteiger partial charge in [0.05, 0.1) is 11.9 Å². The number of nitrogens with one attached hydrogen (secondary N) is 1. The molecule has 17 heavy (non-hydrogen) atoms. The normalized spacial score (nSPS) is 13.8. The topological polar surface area (TPSA) is 75.0 Å². The number of carbonyl (C=O) groups is 1. The van der Waals surface area contributed by atoms with Gasteiger partial charge < -0.3 is 10.6 Å². The number of nitrogens with zero attached hydrogens (tertiary/aromatic N) is 2. The van der Waals surface area contributed by atoms with Crippen LogP contribution in [0.3, 0.4) is 0 Å². The van der Waals surface area contributed by atoms with E-state index in [0.29, 0.717) is 17.9 Å². The Kier molecular flexibility index (Phi) is 2.11. The molecular weight excluding hydrogens is 216 g/mol. The summed E-state index contributed by atoms with van der Waals surface area (Å²) in [4.78, 5) is 14.0. The zero-order valence-corrected chi connectivity index (χ0v) is 9.18. The second kappa shape index (κ2) is 3.62. The van der Waals surface area contributed by atoms with Crippen LogP contribution < -0.4 is 10.6 Å². The van der Waals surface area contributed by atoms with Crippen molar-refractivity contribution in [2.75, 3.05) is 17.2 Å². The van der Waals surface area contributed by atoms with Crippen molar-refractivity contribution in [1.82, 2.24) is 10.2 Å². The molecule has 1 aromatic carbocycles. The van der Waals surface area contributed by atoms with Gasteiger partial charge in [-0.05, 0) is 18.1 Å². The molecule has 1 aliphatic rings. The number of H-pyrrole nitrogens is 1. The first-order valence-corrected chi connectivity index (χ1v) is 5.46. The fourth-order valence-corrected chi connectivity index (χ4v) is 2.15. The summed E-state index contributed by atoms with van der Waals surface area (Å²) in [6.07, 6.45) is 2.34. The number of fused-ring (bicyclic) bond motifs is 1. The Hall–Kier alpha value is -2.30. The second-order valence-corrected chi connectivity index (χ2v) is 4.04. The highest BCUT2D eigenvalue weighted by Crippen LogP contribution is 2.29.